The van der Waals surface area contributed by atoms with Crippen molar-refractivity contribution in [3.05, 3.63) is 70.8 Å². The Morgan fingerprint density at radius 3 is 2.67 bits per heavy atom. The van der Waals surface area contributed by atoms with E-state index in [1.807, 2.05) is 0 Å². The maximum atomic E-state index is 3.74. The summed E-state index contributed by atoms with van der Waals surface area (Å²) < 4.78 is 0. The highest BCUT2D eigenvalue weighted by atomic mass is 14.9. The van der Waals surface area contributed by atoms with Crippen molar-refractivity contribution in [2.45, 2.75) is 45.1 Å². The van der Waals surface area contributed by atoms with Crippen molar-refractivity contribution in [2.24, 2.45) is 0 Å². The van der Waals surface area contributed by atoms with Gasteiger partial charge in [-0.15, -0.1) is 0 Å². The molecule has 0 heterocycles. The smallest absolute Gasteiger partial charge is 0.0176 e. The molecule has 3 rings (SSSR count). The Kier molecular flexibility index (Phi) is 4.40. The van der Waals surface area contributed by atoms with E-state index in [9.17, 15) is 0 Å². The van der Waals surface area contributed by atoms with E-state index in [0.29, 0.717) is 12.0 Å². The molecule has 1 aliphatic carbocycles. The van der Waals surface area contributed by atoms with Crippen LogP contribution in [0.5, 0.6) is 0 Å². The summed E-state index contributed by atoms with van der Waals surface area (Å²) >= 11 is 0. The van der Waals surface area contributed by atoms with E-state index in [0.717, 1.165) is 13.0 Å². The van der Waals surface area contributed by atoms with E-state index in [-0.39, 0.29) is 0 Å². The van der Waals surface area contributed by atoms with Crippen LogP contribution in [0.4, 0.5) is 0 Å². The molecule has 0 amide bonds. The summed E-state index contributed by atoms with van der Waals surface area (Å²) in [5.74, 6) is 0.653. The first-order valence-electron chi connectivity index (χ1n) is 8.15. The van der Waals surface area contributed by atoms with Crippen LogP contribution in [0.2, 0.25) is 0 Å². The van der Waals surface area contributed by atoms with Gasteiger partial charge >= 0.3 is 0 Å². The summed E-state index contributed by atoms with van der Waals surface area (Å²) in [4.78, 5) is 0. The van der Waals surface area contributed by atoms with Crippen LogP contribution >= 0.6 is 0 Å². The van der Waals surface area contributed by atoms with Gasteiger partial charge in [0, 0.05) is 12.0 Å². The molecular weight excluding hydrogens is 254 g/mol. The third-order valence-electron chi connectivity index (χ3n) is 4.83. The van der Waals surface area contributed by atoms with Gasteiger partial charge in [-0.3, -0.25) is 0 Å². The number of benzene rings is 2. The predicted octanol–water partition coefficient (Wildman–Crippen LogP) is 4.25. The molecule has 0 fully saturated rings. The SMILES string of the molecule is CCNC(Cc1ccccc1C)C1CCc2ccccc21. The summed E-state index contributed by atoms with van der Waals surface area (Å²) in [6, 6.07) is 18.3. The van der Waals surface area contributed by atoms with Crippen molar-refractivity contribution in [3.63, 3.8) is 0 Å². The number of hydrogen-bond donors (Lipinski definition) is 1. The second-order valence-corrected chi connectivity index (χ2v) is 6.14. The fraction of sp³-hybridized carbons (Fsp3) is 0.400. The molecule has 21 heavy (non-hydrogen) atoms. The van der Waals surface area contributed by atoms with Gasteiger partial charge in [-0.25, -0.2) is 0 Å². The third-order valence-corrected chi connectivity index (χ3v) is 4.83. The van der Waals surface area contributed by atoms with E-state index in [4.69, 9.17) is 0 Å². The largest absolute Gasteiger partial charge is 0.313 e. The molecule has 0 aliphatic heterocycles. The number of hydrogen-bond acceptors (Lipinski definition) is 1. The van der Waals surface area contributed by atoms with Gasteiger partial charge in [-0.05, 0) is 55.0 Å². The average molecular weight is 279 g/mol. The van der Waals surface area contributed by atoms with Crippen molar-refractivity contribution in [1.82, 2.24) is 5.32 Å². The highest BCUT2D eigenvalue weighted by molar-refractivity contribution is 5.37. The second kappa shape index (κ2) is 6.44. The van der Waals surface area contributed by atoms with Gasteiger partial charge in [-0.1, -0.05) is 55.5 Å². The van der Waals surface area contributed by atoms with Crippen LogP contribution in [0.25, 0.3) is 0 Å². The quantitative estimate of drug-likeness (QED) is 0.863. The van der Waals surface area contributed by atoms with Gasteiger partial charge in [0.05, 0.1) is 0 Å². The summed E-state index contributed by atoms with van der Waals surface area (Å²) in [7, 11) is 0. The lowest BCUT2D eigenvalue weighted by Gasteiger charge is -2.26. The Morgan fingerprint density at radius 2 is 1.86 bits per heavy atom. The summed E-state index contributed by atoms with van der Waals surface area (Å²) in [5.41, 5.74) is 6.01. The maximum Gasteiger partial charge on any atom is 0.0176 e. The maximum absolute atomic E-state index is 3.74. The summed E-state index contributed by atoms with van der Waals surface area (Å²) in [5, 5.41) is 3.74. The molecule has 2 aromatic rings. The molecule has 1 N–H and O–H groups in total. The normalized spacial score (nSPS) is 18.5. The molecule has 2 unspecified atom stereocenters. The Hall–Kier alpha value is -1.60. The molecule has 0 saturated carbocycles. The molecule has 1 nitrogen and oxygen atoms in total. The Balaban J connectivity index is 1.84. The van der Waals surface area contributed by atoms with Crippen LogP contribution in [0.15, 0.2) is 48.5 Å². The highest BCUT2D eigenvalue weighted by Crippen LogP contribution is 2.36. The number of fused-ring (bicyclic) bond motifs is 1. The lowest BCUT2D eigenvalue weighted by atomic mass is 9.87. The van der Waals surface area contributed by atoms with E-state index >= 15 is 0 Å². The minimum atomic E-state index is 0.541. The minimum absolute atomic E-state index is 0.541. The second-order valence-electron chi connectivity index (χ2n) is 6.14. The molecule has 2 aromatic carbocycles. The van der Waals surface area contributed by atoms with Crippen molar-refractivity contribution in [2.75, 3.05) is 6.54 Å². The predicted molar refractivity (Wildman–Crippen MR) is 89.9 cm³/mol. The average Bonchev–Trinajstić information content (AvgIpc) is 2.93. The molecule has 0 radical (unpaired) electrons. The van der Waals surface area contributed by atoms with Crippen LogP contribution < -0.4 is 5.32 Å². The Labute approximate surface area is 128 Å². The van der Waals surface area contributed by atoms with Gasteiger partial charge in [-0.2, -0.15) is 0 Å². The first-order valence-corrected chi connectivity index (χ1v) is 8.15. The number of aryl methyl sites for hydroxylation is 2. The topological polar surface area (TPSA) is 12.0 Å². The fourth-order valence-electron chi connectivity index (χ4n) is 3.70. The monoisotopic (exact) mass is 279 g/mol. The first kappa shape index (κ1) is 14.3. The number of rotatable bonds is 5. The van der Waals surface area contributed by atoms with Gasteiger partial charge < -0.3 is 5.32 Å². The zero-order valence-electron chi connectivity index (χ0n) is 13.1. The lowest BCUT2D eigenvalue weighted by molar-refractivity contribution is 0.434. The van der Waals surface area contributed by atoms with Crippen molar-refractivity contribution < 1.29 is 0 Å². The molecule has 1 aliphatic rings. The molecule has 0 spiro atoms. The number of nitrogens with one attached hydrogen (secondary N) is 1. The standard InChI is InChI=1S/C20H25N/c1-3-21-20(14-17-10-5-4-8-15(17)2)19-13-12-16-9-6-7-11-18(16)19/h4-11,19-21H,3,12-14H2,1-2H3. The van der Waals surface area contributed by atoms with E-state index in [1.54, 1.807) is 11.1 Å². The van der Waals surface area contributed by atoms with Gasteiger partial charge in [0.15, 0.2) is 0 Å². The van der Waals surface area contributed by atoms with Crippen LogP contribution in [-0.4, -0.2) is 12.6 Å². The Morgan fingerprint density at radius 1 is 1.10 bits per heavy atom. The highest BCUT2D eigenvalue weighted by Gasteiger charge is 2.29. The van der Waals surface area contributed by atoms with Gasteiger partial charge in [0.2, 0.25) is 0 Å². The van der Waals surface area contributed by atoms with E-state index in [1.165, 1.54) is 24.0 Å². The molecular formula is C20H25N. The van der Waals surface area contributed by atoms with E-state index < -0.39 is 0 Å². The summed E-state index contributed by atoms with van der Waals surface area (Å²) in [6.45, 7) is 5.47. The zero-order valence-corrected chi connectivity index (χ0v) is 13.1. The third kappa shape index (κ3) is 3.03. The molecule has 0 aromatic heterocycles. The van der Waals surface area contributed by atoms with Crippen LogP contribution in [0.3, 0.4) is 0 Å². The van der Waals surface area contributed by atoms with Crippen LogP contribution in [0, 0.1) is 6.92 Å². The minimum Gasteiger partial charge on any atom is -0.313 e. The molecule has 0 bridgehead atoms. The first-order chi connectivity index (χ1) is 10.3. The van der Waals surface area contributed by atoms with Crippen LogP contribution in [0.1, 0.15) is 41.5 Å². The summed E-state index contributed by atoms with van der Waals surface area (Å²) in [6.07, 6.45) is 3.64. The zero-order chi connectivity index (χ0) is 14.7. The molecule has 2 atom stereocenters. The molecule has 1 heteroatoms. The van der Waals surface area contributed by atoms with Crippen LogP contribution in [-0.2, 0) is 12.8 Å². The Bertz CT molecular complexity index is 602. The van der Waals surface area contributed by atoms with E-state index in [2.05, 4.69) is 67.7 Å². The van der Waals surface area contributed by atoms with Crippen molar-refractivity contribution in [1.29, 1.82) is 0 Å². The van der Waals surface area contributed by atoms with Crippen molar-refractivity contribution >= 4 is 0 Å². The lowest BCUT2D eigenvalue weighted by Crippen LogP contribution is -2.36. The molecule has 0 saturated heterocycles. The van der Waals surface area contributed by atoms with Gasteiger partial charge in [0.1, 0.15) is 0 Å². The van der Waals surface area contributed by atoms with Crippen molar-refractivity contribution in [3.8, 4) is 0 Å². The fourth-order valence-corrected chi connectivity index (χ4v) is 3.70. The van der Waals surface area contributed by atoms with Gasteiger partial charge in [0.25, 0.3) is 0 Å². The number of likely N-dealkylation sites (N-methyl/N-ethyl adjacent to an activating group) is 1. The molecule has 110 valence electrons.